The quantitative estimate of drug-likeness (QED) is 0.550. The first kappa shape index (κ1) is 24.2. The van der Waals surface area contributed by atoms with Gasteiger partial charge in [-0.25, -0.2) is 18.9 Å². The molecule has 5 heterocycles. The lowest BCUT2D eigenvalue weighted by molar-refractivity contribution is -0.0393. The van der Waals surface area contributed by atoms with Gasteiger partial charge in [-0.2, -0.15) is 5.10 Å². The molecule has 0 spiro atoms. The number of anilines is 2. The number of rotatable bonds is 4. The Bertz CT molecular complexity index is 1250. The number of hydrogen-bond donors (Lipinski definition) is 2. The van der Waals surface area contributed by atoms with Crippen LogP contribution in [0.1, 0.15) is 44.8 Å². The first-order valence-corrected chi connectivity index (χ1v) is 13.4. The summed E-state index contributed by atoms with van der Waals surface area (Å²) in [6.45, 7) is 5.53. The number of aromatic amines is 1. The Kier molecular flexibility index (Phi) is 6.72. The number of fused-ring (bicyclic) bond motifs is 1. The average Bonchev–Trinajstić information content (AvgIpc) is 3.53. The van der Waals surface area contributed by atoms with Crippen molar-refractivity contribution in [3.05, 3.63) is 24.1 Å². The van der Waals surface area contributed by atoms with Gasteiger partial charge in [-0.3, -0.25) is 0 Å². The lowest BCUT2D eigenvalue weighted by atomic mass is 10.1. The highest BCUT2D eigenvalue weighted by Gasteiger charge is 2.25. The molecule has 0 bridgehead atoms. The number of amides is 2. The van der Waals surface area contributed by atoms with Crippen LogP contribution in [0.4, 0.5) is 20.6 Å². The van der Waals surface area contributed by atoms with Crippen molar-refractivity contribution in [2.24, 2.45) is 0 Å². The lowest BCUT2D eigenvalue weighted by Gasteiger charge is -2.34. The highest BCUT2D eigenvalue weighted by molar-refractivity contribution is 5.93. The Morgan fingerprint density at radius 2 is 1.89 bits per heavy atom. The summed E-state index contributed by atoms with van der Waals surface area (Å²) < 4.78 is 22.8. The second-order valence-corrected chi connectivity index (χ2v) is 10.4. The third kappa shape index (κ3) is 5.02. The molecule has 0 saturated carbocycles. The molecule has 198 valence electrons. The van der Waals surface area contributed by atoms with Crippen LogP contribution in [0.3, 0.4) is 0 Å². The average molecular weight is 511 g/mol. The van der Waals surface area contributed by atoms with Crippen LogP contribution < -0.4 is 10.2 Å². The van der Waals surface area contributed by atoms with Gasteiger partial charge in [-0.15, -0.1) is 0 Å². The minimum absolute atomic E-state index is 0.135. The van der Waals surface area contributed by atoms with Crippen LogP contribution in [0.5, 0.6) is 0 Å². The Hall–Kier alpha value is -3.18. The minimum atomic E-state index is -0.283. The number of likely N-dealkylation sites (tertiary alicyclic amines) is 1. The van der Waals surface area contributed by atoms with E-state index < -0.39 is 0 Å². The zero-order valence-electron chi connectivity index (χ0n) is 21.4. The Labute approximate surface area is 215 Å². The van der Waals surface area contributed by atoms with Gasteiger partial charge in [0.25, 0.3) is 0 Å². The summed E-state index contributed by atoms with van der Waals surface area (Å²) >= 11 is 0. The van der Waals surface area contributed by atoms with Crippen LogP contribution in [-0.4, -0.2) is 88.5 Å². The van der Waals surface area contributed by atoms with Crippen molar-refractivity contribution in [1.29, 1.82) is 0 Å². The largest absolute Gasteiger partial charge is 0.367 e. The van der Waals surface area contributed by atoms with Crippen LogP contribution in [0.15, 0.2) is 18.3 Å². The van der Waals surface area contributed by atoms with Crippen molar-refractivity contribution in [1.82, 2.24) is 29.5 Å². The summed E-state index contributed by atoms with van der Waals surface area (Å²) in [6.07, 6.45) is 7.79. The van der Waals surface area contributed by atoms with Gasteiger partial charge < -0.3 is 29.7 Å². The molecule has 6 rings (SSSR count). The first-order chi connectivity index (χ1) is 18.0. The van der Waals surface area contributed by atoms with E-state index in [1.807, 2.05) is 17.2 Å². The number of halogens is 1. The molecule has 2 amide bonds. The van der Waals surface area contributed by atoms with Crippen molar-refractivity contribution in [2.75, 3.05) is 63.1 Å². The van der Waals surface area contributed by atoms with Gasteiger partial charge in [0.15, 0.2) is 11.5 Å². The maximum Gasteiger partial charge on any atom is 0.321 e. The third-order valence-electron chi connectivity index (χ3n) is 7.69. The number of nitrogens with one attached hydrogen (secondary N) is 2. The molecule has 3 fully saturated rings. The molecule has 3 aliphatic heterocycles. The molecule has 3 aromatic rings. The Morgan fingerprint density at radius 3 is 2.65 bits per heavy atom. The van der Waals surface area contributed by atoms with E-state index in [1.54, 1.807) is 4.68 Å². The molecule has 11 heteroatoms. The maximum atomic E-state index is 15.1. The summed E-state index contributed by atoms with van der Waals surface area (Å²) in [7, 11) is 2.08. The van der Waals surface area contributed by atoms with E-state index in [0.29, 0.717) is 35.0 Å². The van der Waals surface area contributed by atoms with E-state index in [1.165, 1.54) is 6.07 Å². The molecule has 0 radical (unpaired) electrons. The summed E-state index contributed by atoms with van der Waals surface area (Å²) in [5.41, 5.74) is 2.95. The number of benzene rings is 1. The van der Waals surface area contributed by atoms with E-state index in [9.17, 15) is 4.79 Å². The topological polar surface area (TPSA) is 94.5 Å². The van der Waals surface area contributed by atoms with Crippen LogP contribution >= 0.6 is 0 Å². The Morgan fingerprint density at radius 1 is 1.08 bits per heavy atom. The van der Waals surface area contributed by atoms with Gasteiger partial charge >= 0.3 is 6.03 Å². The van der Waals surface area contributed by atoms with Crippen molar-refractivity contribution < 1.29 is 13.9 Å². The van der Waals surface area contributed by atoms with Crippen LogP contribution in [0.25, 0.3) is 22.6 Å². The van der Waals surface area contributed by atoms with Crippen molar-refractivity contribution in [3.8, 4) is 11.5 Å². The SMILES string of the molecule is CN1CCN(c2cc3[nH]c(-c4nn(C5CCCCO5)cc4NC(=O)N4CCCCC4)nc3cc2F)CC1. The van der Waals surface area contributed by atoms with Gasteiger partial charge in [-0.05, 0) is 51.6 Å². The number of piperazine rings is 1. The number of nitrogens with zero attached hydrogens (tertiary/aromatic N) is 6. The van der Waals surface area contributed by atoms with E-state index in [0.717, 1.165) is 83.3 Å². The normalized spacial score (nSPS) is 21.5. The van der Waals surface area contributed by atoms with Crippen molar-refractivity contribution >= 4 is 28.4 Å². The zero-order chi connectivity index (χ0) is 25.4. The van der Waals surface area contributed by atoms with Gasteiger partial charge in [0.2, 0.25) is 0 Å². The number of hydrogen-bond acceptors (Lipinski definition) is 6. The molecule has 37 heavy (non-hydrogen) atoms. The fraction of sp³-hybridized carbons (Fsp3) is 0.577. The van der Waals surface area contributed by atoms with E-state index in [4.69, 9.17) is 9.84 Å². The second kappa shape index (κ2) is 10.3. The van der Waals surface area contributed by atoms with E-state index >= 15 is 4.39 Å². The fourth-order valence-corrected chi connectivity index (χ4v) is 5.45. The molecule has 1 unspecified atom stereocenters. The lowest BCUT2D eigenvalue weighted by Crippen LogP contribution is -2.44. The van der Waals surface area contributed by atoms with Crippen molar-refractivity contribution in [3.63, 3.8) is 0 Å². The predicted molar refractivity (Wildman–Crippen MR) is 140 cm³/mol. The summed E-state index contributed by atoms with van der Waals surface area (Å²) in [6, 6.07) is 3.18. The van der Waals surface area contributed by atoms with Gasteiger partial charge in [0, 0.05) is 51.9 Å². The first-order valence-electron chi connectivity index (χ1n) is 13.4. The molecular formula is C26H35FN8O2. The van der Waals surface area contributed by atoms with Gasteiger partial charge in [0.05, 0.1) is 28.6 Å². The number of ether oxygens (including phenoxy) is 1. The molecule has 1 atom stereocenters. The monoisotopic (exact) mass is 510 g/mol. The van der Waals surface area contributed by atoms with E-state index in [-0.39, 0.29) is 18.1 Å². The van der Waals surface area contributed by atoms with Crippen LogP contribution in [0.2, 0.25) is 0 Å². The molecule has 1 aromatic carbocycles. The number of aromatic nitrogens is 4. The summed E-state index contributed by atoms with van der Waals surface area (Å²) in [5.74, 6) is 0.211. The Balaban J connectivity index is 1.33. The number of carbonyl (C=O) groups excluding carboxylic acids is 1. The molecular weight excluding hydrogens is 475 g/mol. The number of H-pyrrole nitrogens is 1. The van der Waals surface area contributed by atoms with E-state index in [2.05, 4.69) is 32.1 Å². The number of carbonyl (C=O) groups is 1. The second-order valence-electron chi connectivity index (χ2n) is 10.4. The number of likely N-dealkylation sites (N-methyl/N-ethyl adjacent to an activating group) is 1. The standard InChI is InChI=1S/C26H35FN8O2/c1-32-10-12-33(13-11-32)22-16-20-19(15-18(22)27)28-25(29-20)24-21(30-26(36)34-8-4-2-5-9-34)17-35(31-24)23-7-3-6-14-37-23/h15-17,23H,2-14H2,1H3,(H,28,29)(H,30,36). The number of piperidine rings is 1. The third-order valence-corrected chi connectivity index (χ3v) is 7.69. The molecule has 2 N–H and O–H groups in total. The van der Waals surface area contributed by atoms with Gasteiger partial charge in [-0.1, -0.05) is 0 Å². The zero-order valence-corrected chi connectivity index (χ0v) is 21.4. The molecule has 10 nitrogen and oxygen atoms in total. The predicted octanol–water partition coefficient (Wildman–Crippen LogP) is 4.03. The van der Waals surface area contributed by atoms with Gasteiger partial charge in [0.1, 0.15) is 12.0 Å². The molecule has 3 saturated heterocycles. The molecule has 0 aliphatic carbocycles. The van der Waals surface area contributed by atoms with Crippen molar-refractivity contribution in [2.45, 2.75) is 44.8 Å². The summed E-state index contributed by atoms with van der Waals surface area (Å²) in [4.78, 5) is 27.2. The highest BCUT2D eigenvalue weighted by atomic mass is 19.1. The maximum absolute atomic E-state index is 15.1. The molecule has 2 aromatic heterocycles. The smallest absolute Gasteiger partial charge is 0.321 e. The van der Waals surface area contributed by atoms with Crippen LogP contribution in [-0.2, 0) is 4.74 Å². The number of urea groups is 1. The fourth-order valence-electron chi connectivity index (χ4n) is 5.45. The van der Waals surface area contributed by atoms with Crippen LogP contribution in [0, 0.1) is 5.82 Å². The summed E-state index contributed by atoms with van der Waals surface area (Å²) in [5, 5.41) is 7.86. The highest BCUT2D eigenvalue weighted by Crippen LogP contribution is 2.33. The number of imidazole rings is 1. The minimum Gasteiger partial charge on any atom is -0.367 e. The molecule has 3 aliphatic rings.